The minimum Gasteiger partial charge on any atom is -0.507 e. The van der Waals surface area contributed by atoms with Crippen LogP contribution in [0, 0.1) is 0 Å². The van der Waals surface area contributed by atoms with Crippen LogP contribution in [0.2, 0.25) is 0 Å². The molecule has 1 saturated heterocycles. The molecule has 1 aliphatic heterocycles. The van der Waals surface area contributed by atoms with Crippen molar-refractivity contribution >= 4 is 12.6 Å². The highest BCUT2D eigenvalue weighted by molar-refractivity contribution is 6.63. The van der Waals surface area contributed by atoms with E-state index in [4.69, 9.17) is 15.0 Å². The lowest BCUT2D eigenvalue weighted by molar-refractivity contribution is 0.00578. The summed E-state index contributed by atoms with van der Waals surface area (Å²) in [5.74, 6) is 0.0805. The summed E-state index contributed by atoms with van der Waals surface area (Å²) in [6.07, 6.45) is 2.07. The van der Waals surface area contributed by atoms with Crippen molar-refractivity contribution in [1.82, 2.24) is 4.98 Å². The fraction of sp³-hybridized carbons (Fsp3) is 0.643. The average Bonchev–Trinajstić information content (AvgIpc) is 2.50. The molecule has 1 aliphatic rings. The normalized spacial score (nSPS) is 22.0. The zero-order valence-electron chi connectivity index (χ0n) is 12.8. The Morgan fingerprint density at radius 3 is 2.35 bits per heavy atom. The third-order valence-electron chi connectivity index (χ3n) is 4.01. The zero-order valence-corrected chi connectivity index (χ0v) is 12.8. The Labute approximate surface area is 120 Å². The molecule has 1 aromatic rings. The van der Waals surface area contributed by atoms with Crippen LogP contribution in [0.5, 0.6) is 5.75 Å². The molecule has 0 saturated carbocycles. The molecule has 0 radical (unpaired) electrons. The van der Waals surface area contributed by atoms with Gasteiger partial charge in [0.2, 0.25) is 0 Å². The maximum Gasteiger partial charge on any atom is 0.498 e. The summed E-state index contributed by atoms with van der Waals surface area (Å²) in [6.45, 7) is 9.84. The van der Waals surface area contributed by atoms with Crippen LogP contribution in [0.1, 0.15) is 40.3 Å². The van der Waals surface area contributed by atoms with Gasteiger partial charge in [-0.15, -0.1) is 0 Å². The van der Waals surface area contributed by atoms with E-state index in [0.29, 0.717) is 11.9 Å². The molecular weight excluding hydrogens is 255 g/mol. The smallest absolute Gasteiger partial charge is 0.498 e. The summed E-state index contributed by atoms with van der Waals surface area (Å²) in [7, 11) is -0.588. The molecule has 2 heterocycles. The van der Waals surface area contributed by atoms with Gasteiger partial charge in [-0.1, -0.05) is 0 Å². The number of nitrogens with two attached hydrogens (primary N) is 1. The van der Waals surface area contributed by atoms with Gasteiger partial charge in [0, 0.05) is 23.6 Å². The Bertz CT molecular complexity index is 487. The predicted molar refractivity (Wildman–Crippen MR) is 79.0 cm³/mol. The van der Waals surface area contributed by atoms with Crippen LogP contribution < -0.4 is 11.2 Å². The molecule has 1 atom stereocenters. The van der Waals surface area contributed by atoms with Gasteiger partial charge in [0.25, 0.3) is 0 Å². The second kappa shape index (κ2) is 5.02. The number of pyridine rings is 1. The van der Waals surface area contributed by atoms with Gasteiger partial charge < -0.3 is 20.1 Å². The molecule has 0 bridgehead atoms. The van der Waals surface area contributed by atoms with Crippen molar-refractivity contribution in [2.24, 2.45) is 5.73 Å². The van der Waals surface area contributed by atoms with Crippen molar-refractivity contribution in [3.63, 3.8) is 0 Å². The van der Waals surface area contributed by atoms with Crippen molar-refractivity contribution in [3.8, 4) is 5.75 Å². The van der Waals surface area contributed by atoms with E-state index in [1.807, 2.05) is 34.6 Å². The van der Waals surface area contributed by atoms with Crippen LogP contribution >= 0.6 is 0 Å². The summed E-state index contributed by atoms with van der Waals surface area (Å²) in [5, 5.41) is 10.0. The van der Waals surface area contributed by atoms with Crippen molar-refractivity contribution in [1.29, 1.82) is 0 Å². The Morgan fingerprint density at radius 1 is 1.30 bits per heavy atom. The number of nitrogens with zero attached hydrogens (tertiary/aromatic N) is 1. The predicted octanol–water partition coefficient (Wildman–Crippen LogP) is 0.976. The zero-order chi connectivity index (χ0) is 15.1. The quantitative estimate of drug-likeness (QED) is 0.806. The van der Waals surface area contributed by atoms with Crippen LogP contribution in [0.15, 0.2) is 12.3 Å². The van der Waals surface area contributed by atoms with E-state index < -0.39 is 18.3 Å². The molecule has 0 spiro atoms. The molecule has 20 heavy (non-hydrogen) atoms. The van der Waals surface area contributed by atoms with Gasteiger partial charge in [0.05, 0.1) is 17.4 Å². The molecule has 5 nitrogen and oxygen atoms in total. The van der Waals surface area contributed by atoms with Gasteiger partial charge in [-0.2, -0.15) is 0 Å². The second-order valence-corrected chi connectivity index (χ2v) is 6.50. The van der Waals surface area contributed by atoms with E-state index in [-0.39, 0.29) is 11.8 Å². The Morgan fingerprint density at radius 2 is 1.85 bits per heavy atom. The molecule has 3 N–H and O–H groups in total. The van der Waals surface area contributed by atoms with Crippen LogP contribution in [0.25, 0.3) is 0 Å². The van der Waals surface area contributed by atoms with Gasteiger partial charge in [-0.25, -0.2) is 0 Å². The monoisotopic (exact) mass is 278 g/mol. The molecule has 0 aliphatic carbocycles. The van der Waals surface area contributed by atoms with E-state index in [9.17, 15) is 5.11 Å². The van der Waals surface area contributed by atoms with Crippen LogP contribution in [-0.2, 0) is 15.7 Å². The van der Waals surface area contributed by atoms with E-state index in [2.05, 4.69) is 4.98 Å². The standard InChI is InChI=1S/C14H23BN2O3/c1-9(16)6-10-7-11(12(18)8-17-10)15-19-13(2,3)14(4,5)20-15/h7-9,18H,6,16H2,1-5H3. The maximum absolute atomic E-state index is 10.0. The number of aromatic nitrogens is 1. The number of hydrogen-bond acceptors (Lipinski definition) is 5. The molecule has 0 aromatic carbocycles. The highest BCUT2D eigenvalue weighted by Crippen LogP contribution is 2.37. The number of aromatic hydroxyl groups is 1. The third-order valence-corrected chi connectivity index (χ3v) is 4.01. The lowest BCUT2D eigenvalue weighted by atomic mass is 9.78. The molecule has 0 amide bonds. The lowest BCUT2D eigenvalue weighted by Crippen LogP contribution is -2.41. The minimum atomic E-state index is -0.588. The second-order valence-electron chi connectivity index (χ2n) is 6.50. The van der Waals surface area contributed by atoms with Gasteiger partial charge in [-0.05, 0) is 40.7 Å². The van der Waals surface area contributed by atoms with Gasteiger partial charge in [-0.3, -0.25) is 4.98 Å². The van der Waals surface area contributed by atoms with Crippen molar-refractivity contribution in [3.05, 3.63) is 18.0 Å². The van der Waals surface area contributed by atoms with E-state index in [0.717, 1.165) is 5.69 Å². The van der Waals surface area contributed by atoms with E-state index >= 15 is 0 Å². The van der Waals surface area contributed by atoms with Crippen molar-refractivity contribution in [2.45, 2.75) is 58.3 Å². The number of rotatable bonds is 3. The summed E-state index contributed by atoms with van der Waals surface area (Å²) in [5.41, 5.74) is 6.34. The molecule has 6 heteroatoms. The number of hydrogen-bond donors (Lipinski definition) is 2. The Hall–Kier alpha value is -1.11. The summed E-state index contributed by atoms with van der Waals surface area (Å²) >= 11 is 0. The summed E-state index contributed by atoms with van der Waals surface area (Å²) < 4.78 is 11.9. The maximum atomic E-state index is 10.0. The lowest BCUT2D eigenvalue weighted by Gasteiger charge is -2.32. The first-order valence-corrected chi connectivity index (χ1v) is 6.91. The van der Waals surface area contributed by atoms with Gasteiger partial charge in [0.1, 0.15) is 5.75 Å². The van der Waals surface area contributed by atoms with Crippen LogP contribution in [0.4, 0.5) is 0 Å². The first-order chi connectivity index (χ1) is 9.12. The molecule has 2 rings (SSSR count). The SMILES string of the molecule is CC(N)Cc1cc(B2OC(C)(C)C(C)(C)O2)c(O)cn1. The topological polar surface area (TPSA) is 77.6 Å². The van der Waals surface area contributed by atoms with Gasteiger partial charge in [0.15, 0.2) is 0 Å². The molecule has 1 unspecified atom stereocenters. The van der Waals surface area contributed by atoms with Crippen molar-refractivity contribution < 1.29 is 14.4 Å². The summed E-state index contributed by atoms with van der Waals surface area (Å²) in [6, 6.07) is 1.82. The molecular formula is C14H23BN2O3. The molecule has 1 fully saturated rings. The van der Waals surface area contributed by atoms with E-state index in [1.54, 1.807) is 6.07 Å². The average molecular weight is 278 g/mol. The van der Waals surface area contributed by atoms with Crippen LogP contribution in [0.3, 0.4) is 0 Å². The summed E-state index contributed by atoms with van der Waals surface area (Å²) in [4.78, 5) is 4.18. The fourth-order valence-electron chi connectivity index (χ4n) is 2.11. The molecule has 110 valence electrons. The van der Waals surface area contributed by atoms with Crippen molar-refractivity contribution in [2.75, 3.05) is 0 Å². The molecule has 1 aromatic heterocycles. The highest BCUT2D eigenvalue weighted by atomic mass is 16.7. The Balaban J connectivity index is 2.30. The highest BCUT2D eigenvalue weighted by Gasteiger charge is 2.52. The third kappa shape index (κ3) is 2.82. The van der Waals surface area contributed by atoms with Crippen LogP contribution in [-0.4, -0.2) is 34.5 Å². The first-order valence-electron chi connectivity index (χ1n) is 6.91. The Kier molecular flexibility index (Phi) is 3.84. The van der Waals surface area contributed by atoms with E-state index in [1.165, 1.54) is 6.20 Å². The van der Waals surface area contributed by atoms with Gasteiger partial charge >= 0.3 is 7.12 Å². The minimum absolute atomic E-state index is 0.0122. The largest absolute Gasteiger partial charge is 0.507 e. The first kappa shape index (κ1) is 15.3. The fourth-order valence-corrected chi connectivity index (χ4v) is 2.11.